The molecule has 0 spiro atoms. The molecule has 0 heterocycles. The fourth-order valence-electron chi connectivity index (χ4n) is 2.85. The molecule has 0 saturated carbocycles. The van der Waals surface area contributed by atoms with Crippen LogP contribution in [0.3, 0.4) is 0 Å². The molecule has 29 heavy (non-hydrogen) atoms. The van der Waals surface area contributed by atoms with E-state index in [1.807, 2.05) is 49.4 Å². The Labute approximate surface area is 169 Å². The van der Waals surface area contributed by atoms with Crippen LogP contribution in [0.1, 0.15) is 18.1 Å². The number of benzene rings is 3. The maximum Gasteiger partial charge on any atom is 0.326 e. The predicted molar refractivity (Wildman–Crippen MR) is 116 cm³/mol. The highest BCUT2D eigenvalue weighted by molar-refractivity contribution is 6.01. The number of non-ortho nitro benzene ring substituents is 1. The predicted octanol–water partition coefficient (Wildman–Crippen LogP) is 5.87. The van der Waals surface area contributed by atoms with Crippen LogP contribution in [0.25, 0.3) is 5.57 Å². The number of allylic oxidation sites excluding steroid dienone is 1. The van der Waals surface area contributed by atoms with Crippen LogP contribution in [0.15, 0.2) is 85.4 Å². The molecular formula is C23H21N3O3. The molecule has 0 unspecified atom stereocenters. The highest BCUT2D eigenvalue weighted by Crippen LogP contribution is 2.24. The number of hydrogen-bond acceptors (Lipinski definition) is 3. The molecule has 3 aromatic carbocycles. The van der Waals surface area contributed by atoms with Crippen molar-refractivity contribution in [3.8, 4) is 0 Å². The standard InChI is InChI=1S/C23H21N3O3/c1-17(2)19-11-13-20(14-12-19)24-23(27)25(16-18-7-4-3-5-8-18)21-9-6-10-22(15-21)26(28)29/h3-15H,1,16H2,2H3,(H,24,27). The minimum atomic E-state index is -0.474. The first-order chi connectivity index (χ1) is 13.9. The van der Waals surface area contributed by atoms with Crippen LogP contribution >= 0.6 is 0 Å². The summed E-state index contributed by atoms with van der Waals surface area (Å²) >= 11 is 0. The molecule has 0 saturated heterocycles. The molecule has 0 bridgehead atoms. The molecule has 0 fully saturated rings. The Morgan fingerprint density at radius 3 is 2.34 bits per heavy atom. The molecule has 0 radical (unpaired) electrons. The van der Waals surface area contributed by atoms with Gasteiger partial charge in [0.15, 0.2) is 0 Å². The number of nitro benzene ring substituents is 1. The highest BCUT2D eigenvalue weighted by atomic mass is 16.6. The number of nitro groups is 1. The molecule has 0 aromatic heterocycles. The van der Waals surface area contributed by atoms with Crippen LogP contribution in [0.4, 0.5) is 21.9 Å². The van der Waals surface area contributed by atoms with Crippen LogP contribution in [-0.2, 0) is 6.54 Å². The van der Waals surface area contributed by atoms with Gasteiger partial charge < -0.3 is 5.32 Å². The van der Waals surface area contributed by atoms with E-state index in [-0.39, 0.29) is 18.3 Å². The van der Waals surface area contributed by atoms with E-state index in [4.69, 9.17) is 0 Å². The molecule has 0 aliphatic rings. The maximum atomic E-state index is 13.0. The van der Waals surface area contributed by atoms with Crippen molar-refractivity contribution in [1.29, 1.82) is 0 Å². The molecule has 6 nitrogen and oxygen atoms in total. The summed E-state index contributed by atoms with van der Waals surface area (Å²) in [6, 6.07) is 22.5. The second-order valence-corrected chi connectivity index (χ2v) is 6.64. The number of amides is 2. The molecule has 6 heteroatoms. The molecule has 0 atom stereocenters. The molecule has 1 N–H and O–H groups in total. The van der Waals surface area contributed by atoms with Crippen molar-refractivity contribution in [3.63, 3.8) is 0 Å². The Balaban J connectivity index is 1.89. The third kappa shape index (κ3) is 5.07. The number of carbonyl (C=O) groups excluding carboxylic acids is 1. The molecule has 2 amide bonds. The fraction of sp³-hybridized carbons (Fsp3) is 0.0870. The Bertz CT molecular complexity index is 1030. The normalized spacial score (nSPS) is 10.2. The first kappa shape index (κ1) is 19.8. The van der Waals surface area contributed by atoms with Crippen LogP contribution < -0.4 is 10.2 Å². The van der Waals surface area contributed by atoms with E-state index < -0.39 is 4.92 Å². The van der Waals surface area contributed by atoms with Gasteiger partial charge in [0.2, 0.25) is 0 Å². The number of nitrogens with zero attached hydrogens (tertiary/aromatic N) is 2. The minimum absolute atomic E-state index is 0.0702. The first-order valence-electron chi connectivity index (χ1n) is 9.07. The highest BCUT2D eigenvalue weighted by Gasteiger charge is 2.19. The summed E-state index contributed by atoms with van der Waals surface area (Å²) < 4.78 is 0. The number of anilines is 2. The van der Waals surface area contributed by atoms with E-state index in [0.29, 0.717) is 11.4 Å². The van der Waals surface area contributed by atoms with Crippen LogP contribution in [0, 0.1) is 10.1 Å². The summed E-state index contributed by atoms with van der Waals surface area (Å²) in [6.45, 7) is 6.09. The topological polar surface area (TPSA) is 75.5 Å². The van der Waals surface area contributed by atoms with Gasteiger partial charge >= 0.3 is 6.03 Å². The Morgan fingerprint density at radius 1 is 1.03 bits per heavy atom. The average molecular weight is 387 g/mol. The van der Waals surface area contributed by atoms with Gasteiger partial charge in [0, 0.05) is 17.8 Å². The van der Waals surface area contributed by atoms with Gasteiger partial charge in [0.1, 0.15) is 0 Å². The average Bonchev–Trinajstić information content (AvgIpc) is 2.73. The summed E-state index contributed by atoms with van der Waals surface area (Å²) in [7, 11) is 0. The van der Waals surface area contributed by atoms with Crippen molar-refractivity contribution >= 4 is 28.7 Å². The largest absolute Gasteiger partial charge is 0.326 e. The van der Waals surface area contributed by atoms with Crippen LogP contribution in [0.5, 0.6) is 0 Å². The summed E-state index contributed by atoms with van der Waals surface area (Å²) in [5.41, 5.74) is 3.83. The Morgan fingerprint density at radius 2 is 1.72 bits per heavy atom. The quantitative estimate of drug-likeness (QED) is 0.425. The first-order valence-corrected chi connectivity index (χ1v) is 9.07. The summed E-state index contributed by atoms with van der Waals surface area (Å²) in [5, 5.41) is 14.0. The monoisotopic (exact) mass is 387 g/mol. The van der Waals surface area contributed by atoms with Crippen LogP contribution in [-0.4, -0.2) is 11.0 Å². The zero-order valence-electron chi connectivity index (χ0n) is 16.0. The molecule has 0 aliphatic carbocycles. The third-order valence-electron chi connectivity index (χ3n) is 4.41. The van der Waals surface area contributed by atoms with Gasteiger partial charge in [-0.3, -0.25) is 15.0 Å². The van der Waals surface area contributed by atoms with Crippen molar-refractivity contribution in [2.45, 2.75) is 13.5 Å². The van der Waals surface area contributed by atoms with Crippen LogP contribution in [0.2, 0.25) is 0 Å². The van der Waals surface area contributed by atoms with Crippen molar-refractivity contribution < 1.29 is 9.72 Å². The molecule has 0 aliphatic heterocycles. The molecule has 146 valence electrons. The lowest BCUT2D eigenvalue weighted by Crippen LogP contribution is -2.34. The van der Waals surface area contributed by atoms with Crippen molar-refractivity contribution in [2.24, 2.45) is 0 Å². The molecular weight excluding hydrogens is 366 g/mol. The Kier molecular flexibility index (Phi) is 6.04. The minimum Gasteiger partial charge on any atom is -0.308 e. The third-order valence-corrected chi connectivity index (χ3v) is 4.41. The van der Waals surface area contributed by atoms with Crippen molar-refractivity contribution in [1.82, 2.24) is 0 Å². The van der Waals surface area contributed by atoms with Crippen molar-refractivity contribution in [2.75, 3.05) is 10.2 Å². The van der Waals surface area contributed by atoms with Gasteiger partial charge in [0.25, 0.3) is 5.69 Å². The SMILES string of the molecule is C=C(C)c1ccc(NC(=O)N(Cc2ccccc2)c2cccc([N+](=O)[O-])c2)cc1. The van der Waals surface area contributed by atoms with Gasteiger partial charge in [-0.2, -0.15) is 0 Å². The fourth-order valence-corrected chi connectivity index (χ4v) is 2.85. The van der Waals surface area contributed by atoms with E-state index in [2.05, 4.69) is 11.9 Å². The lowest BCUT2D eigenvalue weighted by molar-refractivity contribution is -0.384. The lowest BCUT2D eigenvalue weighted by atomic mass is 10.1. The summed E-state index contributed by atoms with van der Waals surface area (Å²) in [5.74, 6) is 0. The van der Waals surface area contributed by atoms with E-state index in [1.165, 1.54) is 17.0 Å². The number of urea groups is 1. The van der Waals surface area contributed by atoms with E-state index in [9.17, 15) is 14.9 Å². The summed E-state index contributed by atoms with van der Waals surface area (Å²) in [4.78, 5) is 25.2. The van der Waals surface area contributed by atoms with Gasteiger partial charge in [-0.25, -0.2) is 4.79 Å². The number of carbonyl (C=O) groups is 1. The van der Waals surface area contributed by atoms with Gasteiger partial charge in [0.05, 0.1) is 17.2 Å². The maximum absolute atomic E-state index is 13.0. The second kappa shape index (κ2) is 8.84. The Hall–Kier alpha value is -3.93. The van der Waals surface area contributed by atoms with E-state index in [0.717, 1.165) is 16.7 Å². The van der Waals surface area contributed by atoms with Gasteiger partial charge in [-0.15, -0.1) is 0 Å². The smallest absolute Gasteiger partial charge is 0.308 e. The lowest BCUT2D eigenvalue weighted by Gasteiger charge is -2.23. The number of nitrogens with one attached hydrogen (secondary N) is 1. The van der Waals surface area contributed by atoms with E-state index >= 15 is 0 Å². The number of hydrogen-bond donors (Lipinski definition) is 1. The zero-order chi connectivity index (χ0) is 20.8. The molecule has 3 aromatic rings. The number of rotatable bonds is 6. The summed E-state index contributed by atoms with van der Waals surface area (Å²) in [6.07, 6.45) is 0. The second-order valence-electron chi connectivity index (χ2n) is 6.64. The van der Waals surface area contributed by atoms with Gasteiger partial charge in [-0.1, -0.05) is 60.7 Å². The van der Waals surface area contributed by atoms with Gasteiger partial charge in [-0.05, 0) is 36.2 Å². The molecule has 3 rings (SSSR count). The zero-order valence-corrected chi connectivity index (χ0v) is 16.0. The van der Waals surface area contributed by atoms with E-state index in [1.54, 1.807) is 24.3 Å². The van der Waals surface area contributed by atoms with Crippen molar-refractivity contribution in [3.05, 3.63) is 107 Å².